The summed E-state index contributed by atoms with van der Waals surface area (Å²) >= 11 is 5.97. The fraction of sp³-hybridized carbons (Fsp3) is 0.400. The summed E-state index contributed by atoms with van der Waals surface area (Å²) in [6.45, 7) is 1.77. The van der Waals surface area contributed by atoms with Gasteiger partial charge in [-0.2, -0.15) is 0 Å². The van der Waals surface area contributed by atoms with Crippen LogP contribution in [0.25, 0.3) is 0 Å². The number of halogens is 2. The zero-order valence-corrected chi connectivity index (χ0v) is 20.0. The number of rotatable bonds is 9. The van der Waals surface area contributed by atoms with Gasteiger partial charge in [0, 0.05) is 39.1 Å². The van der Waals surface area contributed by atoms with Crippen LogP contribution in [-0.2, 0) is 11.2 Å². The Balaban J connectivity index is 0.00000420. The minimum atomic E-state index is -0.0612. The Labute approximate surface area is 194 Å². The topological polar surface area (TPSA) is 70.3 Å². The quantitative estimate of drug-likeness (QED) is 0.304. The lowest BCUT2D eigenvalue weighted by Gasteiger charge is -2.23. The van der Waals surface area contributed by atoms with Crippen molar-refractivity contribution in [1.29, 1.82) is 0 Å². The van der Waals surface area contributed by atoms with E-state index in [0.717, 1.165) is 12.2 Å². The van der Waals surface area contributed by atoms with Crippen LogP contribution in [0.5, 0.6) is 5.75 Å². The van der Waals surface area contributed by atoms with Gasteiger partial charge in [-0.05, 0) is 30.3 Å². The number of hydrogen-bond donors (Lipinski definition) is 1. The summed E-state index contributed by atoms with van der Waals surface area (Å²) in [5, 5.41) is 3.91. The lowest BCUT2D eigenvalue weighted by molar-refractivity contribution is -0.127. The summed E-state index contributed by atoms with van der Waals surface area (Å²) in [5.41, 5.74) is 0. The molecule has 0 atom stereocenters. The maximum absolute atomic E-state index is 11.9. The average Bonchev–Trinajstić information content (AvgIpc) is 3.17. The fourth-order valence-corrected chi connectivity index (χ4v) is 2.49. The molecule has 0 saturated carbocycles. The normalized spacial score (nSPS) is 10.8. The van der Waals surface area contributed by atoms with Gasteiger partial charge in [-0.1, -0.05) is 17.7 Å². The van der Waals surface area contributed by atoms with Crippen LogP contribution in [0.2, 0.25) is 5.02 Å². The summed E-state index contributed by atoms with van der Waals surface area (Å²) in [4.78, 5) is 19.8. The Kier molecular flexibility index (Phi) is 11.5. The van der Waals surface area contributed by atoms with Gasteiger partial charge in [-0.3, -0.25) is 4.79 Å². The van der Waals surface area contributed by atoms with E-state index in [2.05, 4.69) is 10.3 Å². The van der Waals surface area contributed by atoms with Gasteiger partial charge in [0.05, 0.1) is 12.8 Å². The first-order valence-electron chi connectivity index (χ1n) is 9.06. The van der Waals surface area contributed by atoms with Crippen LogP contribution in [0.3, 0.4) is 0 Å². The third-order valence-corrected chi connectivity index (χ3v) is 4.19. The highest BCUT2D eigenvalue weighted by molar-refractivity contribution is 14.0. The van der Waals surface area contributed by atoms with Gasteiger partial charge in [0.25, 0.3) is 0 Å². The highest BCUT2D eigenvalue weighted by Gasteiger charge is 2.10. The predicted octanol–water partition coefficient (Wildman–Crippen LogP) is 3.14. The summed E-state index contributed by atoms with van der Waals surface area (Å²) in [5.74, 6) is 2.18. The molecule has 160 valence electrons. The number of nitrogens with one attached hydrogen (secondary N) is 1. The average molecular weight is 535 g/mol. The number of ether oxygens (including phenoxy) is 1. The second-order valence-electron chi connectivity index (χ2n) is 6.41. The Bertz CT molecular complexity index is 769. The summed E-state index contributed by atoms with van der Waals surface area (Å²) in [6.07, 6.45) is 2.37. The first-order valence-corrected chi connectivity index (χ1v) is 9.44. The summed E-state index contributed by atoms with van der Waals surface area (Å²) in [7, 11) is 5.33. The SMILES string of the molecule is CN(C)C(=O)CN=C(NCCc1ccco1)N(C)CCOc1cccc(Cl)c1.I. The molecule has 0 aliphatic heterocycles. The number of likely N-dealkylation sites (N-methyl/N-ethyl adjacent to an activating group) is 2. The van der Waals surface area contributed by atoms with E-state index in [1.807, 2.05) is 36.2 Å². The molecular formula is C20H28ClIN4O3. The number of furan rings is 1. The highest BCUT2D eigenvalue weighted by atomic mass is 127. The van der Waals surface area contributed by atoms with Crippen molar-refractivity contribution < 1.29 is 13.9 Å². The monoisotopic (exact) mass is 534 g/mol. The molecule has 29 heavy (non-hydrogen) atoms. The minimum absolute atomic E-state index is 0. The number of benzene rings is 1. The van der Waals surface area contributed by atoms with Crippen molar-refractivity contribution >= 4 is 47.4 Å². The Morgan fingerprint density at radius 3 is 2.69 bits per heavy atom. The van der Waals surface area contributed by atoms with Crippen LogP contribution in [0.1, 0.15) is 5.76 Å². The summed E-state index contributed by atoms with van der Waals surface area (Å²) < 4.78 is 11.1. The van der Waals surface area contributed by atoms with E-state index >= 15 is 0 Å². The number of nitrogens with zero attached hydrogens (tertiary/aromatic N) is 3. The number of aliphatic imine (C=N–C) groups is 1. The van der Waals surface area contributed by atoms with Gasteiger partial charge in [-0.15, -0.1) is 24.0 Å². The zero-order chi connectivity index (χ0) is 20.4. The molecule has 1 amide bonds. The standard InChI is InChI=1S/C20H27ClN4O3.HI/c1-24(2)19(26)15-23-20(22-10-9-17-8-5-12-27-17)25(3)11-13-28-18-7-4-6-16(21)14-18;/h4-8,12,14H,9-11,13,15H2,1-3H3,(H,22,23);1H. The number of hydrogen-bond acceptors (Lipinski definition) is 4. The molecule has 1 aromatic heterocycles. The lowest BCUT2D eigenvalue weighted by Crippen LogP contribution is -2.42. The Morgan fingerprint density at radius 2 is 2.03 bits per heavy atom. The Hall–Kier alpha value is -1.94. The molecule has 0 radical (unpaired) electrons. The van der Waals surface area contributed by atoms with Crippen LogP contribution in [0, 0.1) is 0 Å². The third kappa shape index (κ3) is 9.40. The number of guanidine groups is 1. The first kappa shape index (κ1) is 25.1. The molecule has 1 heterocycles. The van der Waals surface area contributed by atoms with Crippen LogP contribution < -0.4 is 10.1 Å². The van der Waals surface area contributed by atoms with Gasteiger partial charge in [0.15, 0.2) is 5.96 Å². The fourth-order valence-electron chi connectivity index (χ4n) is 2.31. The largest absolute Gasteiger partial charge is 0.492 e. The third-order valence-electron chi connectivity index (χ3n) is 3.95. The van der Waals surface area contributed by atoms with Crippen LogP contribution in [0.4, 0.5) is 0 Å². The van der Waals surface area contributed by atoms with Crippen molar-refractivity contribution in [3.63, 3.8) is 0 Å². The molecular weight excluding hydrogens is 507 g/mol. The maximum Gasteiger partial charge on any atom is 0.243 e. The second-order valence-corrected chi connectivity index (χ2v) is 6.85. The molecule has 0 bridgehead atoms. The smallest absolute Gasteiger partial charge is 0.243 e. The van der Waals surface area contributed by atoms with Crippen molar-refractivity contribution in [2.45, 2.75) is 6.42 Å². The van der Waals surface area contributed by atoms with E-state index in [9.17, 15) is 4.79 Å². The van der Waals surface area contributed by atoms with Crippen LogP contribution in [-0.4, -0.2) is 69.1 Å². The molecule has 0 fully saturated rings. The van der Waals surface area contributed by atoms with Crippen LogP contribution >= 0.6 is 35.6 Å². The van der Waals surface area contributed by atoms with E-state index in [0.29, 0.717) is 36.4 Å². The number of amides is 1. The maximum atomic E-state index is 11.9. The molecule has 9 heteroatoms. The predicted molar refractivity (Wildman–Crippen MR) is 126 cm³/mol. The Morgan fingerprint density at radius 1 is 1.24 bits per heavy atom. The van der Waals surface area contributed by atoms with E-state index in [4.69, 9.17) is 20.8 Å². The molecule has 0 saturated heterocycles. The summed E-state index contributed by atoms with van der Waals surface area (Å²) in [6, 6.07) is 11.1. The van der Waals surface area contributed by atoms with Crippen molar-refractivity contribution in [3.8, 4) is 5.75 Å². The van der Waals surface area contributed by atoms with Crippen molar-refractivity contribution in [2.75, 3.05) is 47.4 Å². The molecule has 7 nitrogen and oxygen atoms in total. The number of carbonyl (C=O) groups excluding carboxylic acids is 1. The van der Waals surface area contributed by atoms with Crippen molar-refractivity contribution in [1.82, 2.24) is 15.1 Å². The molecule has 1 aromatic carbocycles. The van der Waals surface area contributed by atoms with Gasteiger partial charge < -0.3 is 24.3 Å². The van der Waals surface area contributed by atoms with Gasteiger partial charge in [-0.25, -0.2) is 4.99 Å². The molecule has 0 unspecified atom stereocenters. The minimum Gasteiger partial charge on any atom is -0.492 e. The van der Waals surface area contributed by atoms with E-state index in [-0.39, 0.29) is 36.4 Å². The number of carbonyl (C=O) groups is 1. The molecule has 2 aromatic rings. The van der Waals surface area contributed by atoms with E-state index in [1.54, 1.807) is 32.5 Å². The molecule has 0 spiro atoms. The van der Waals surface area contributed by atoms with Gasteiger partial charge in [0.2, 0.25) is 5.91 Å². The molecule has 0 aliphatic rings. The molecule has 1 N–H and O–H groups in total. The zero-order valence-electron chi connectivity index (χ0n) is 16.9. The van der Waals surface area contributed by atoms with E-state index in [1.165, 1.54) is 4.90 Å². The molecule has 2 rings (SSSR count). The highest BCUT2D eigenvalue weighted by Crippen LogP contribution is 2.16. The van der Waals surface area contributed by atoms with E-state index < -0.39 is 0 Å². The lowest BCUT2D eigenvalue weighted by atomic mass is 10.3. The second kappa shape index (κ2) is 13.3. The van der Waals surface area contributed by atoms with Crippen molar-refractivity contribution in [3.05, 3.63) is 53.4 Å². The first-order chi connectivity index (χ1) is 13.5. The van der Waals surface area contributed by atoms with Crippen molar-refractivity contribution in [2.24, 2.45) is 4.99 Å². The van der Waals surface area contributed by atoms with Gasteiger partial charge in [0.1, 0.15) is 24.7 Å². The van der Waals surface area contributed by atoms with Gasteiger partial charge >= 0.3 is 0 Å². The molecule has 0 aliphatic carbocycles. The van der Waals surface area contributed by atoms with Crippen LogP contribution in [0.15, 0.2) is 52.1 Å².